The molecule has 7 nitrogen and oxygen atoms in total. The molecule has 1 amide bonds. The Morgan fingerprint density at radius 3 is 2.52 bits per heavy atom. The summed E-state index contributed by atoms with van der Waals surface area (Å²) in [5.74, 6) is -0.967. The first-order valence-electron chi connectivity index (χ1n) is 8.04. The molecule has 2 rings (SSSR count). The summed E-state index contributed by atoms with van der Waals surface area (Å²) in [7, 11) is 1.27. The quantitative estimate of drug-likeness (QED) is 0.472. The summed E-state index contributed by atoms with van der Waals surface area (Å²) in [6, 6.07) is 8.59. The van der Waals surface area contributed by atoms with Gasteiger partial charge in [0.1, 0.15) is 6.04 Å². The van der Waals surface area contributed by atoms with E-state index in [2.05, 4.69) is 5.32 Å². The Hall–Kier alpha value is -2.96. The maximum absolute atomic E-state index is 12.6. The first kappa shape index (κ1) is 18.4. The van der Waals surface area contributed by atoms with Crippen molar-refractivity contribution in [3.05, 3.63) is 52.1 Å². The first-order chi connectivity index (χ1) is 12.0. The van der Waals surface area contributed by atoms with Gasteiger partial charge >= 0.3 is 5.97 Å². The molecule has 0 saturated carbocycles. The van der Waals surface area contributed by atoms with E-state index in [4.69, 9.17) is 4.74 Å². The standard InChI is InChI=1S/C18H20N2O5/c1-3-4-10-15(18(22)25-2)19-17(21)14-9-5-8-13-12(14)7-6-11-16(13)20(23)24/h5-9,11,15H,3-4,10H2,1-2H3,(H,19,21)/t15-/m0/s1. The normalized spacial score (nSPS) is 11.8. The lowest BCUT2D eigenvalue weighted by atomic mass is 10.0. The Morgan fingerprint density at radius 1 is 1.20 bits per heavy atom. The molecule has 0 heterocycles. The van der Waals surface area contributed by atoms with Crippen molar-refractivity contribution in [2.75, 3.05) is 7.11 Å². The van der Waals surface area contributed by atoms with Crippen molar-refractivity contribution in [2.24, 2.45) is 0 Å². The number of hydrogen-bond acceptors (Lipinski definition) is 5. The number of nitrogens with one attached hydrogen (secondary N) is 1. The Bertz CT molecular complexity index is 803. The second-order valence-corrected chi connectivity index (χ2v) is 5.63. The summed E-state index contributed by atoms with van der Waals surface area (Å²) in [5.41, 5.74) is 0.217. The lowest BCUT2D eigenvalue weighted by molar-refractivity contribution is -0.383. The van der Waals surface area contributed by atoms with Gasteiger partial charge in [-0.25, -0.2) is 4.79 Å². The summed E-state index contributed by atoms with van der Waals surface area (Å²) >= 11 is 0. The lowest BCUT2D eigenvalue weighted by Gasteiger charge is -2.17. The van der Waals surface area contributed by atoms with Crippen LogP contribution in [0.3, 0.4) is 0 Å². The number of non-ortho nitro benzene ring substituents is 1. The van der Waals surface area contributed by atoms with Gasteiger partial charge in [0.05, 0.1) is 17.4 Å². The van der Waals surface area contributed by atoms with Gasteiger partial charge in [-0.2, -0.15) is 0 Å². The second-order valence-electron chi connectivity index (χ2n) is 5.63. The average molecular weight is 344 g/mol. The third kappa shape index (κ3) is 4.12. The van der Waals surface area contributed by atoms with Crippen molar-refractivity contribution < 1.29 is 19.2 Å². The molecule has 2 aromatic carbocycles. The van der Waals surface area contributed by atoms with E-state index in [-0.39, 0.29) is 11.3 Å². The van der Waals surface area contributed by atoms with Gasteiger partial charge in [0.15, 0.2) is 0 Å². The Morgan fingerprint density at radius 2 is 1.88 bits per heavy atom. The van der Waals surface area contributed by atoms with Crippen LogP contribution in [0.5, 0.6) is 0 Å². The molecular weight excluding hydrogens is 324 g/mol. The number of nitro benzene ring substituents is 1. The highest BCUT2D eigenvalue weighted by molar-refractivity contribution is 6.09. The maximum Gasteiger partial charge on any atom is 0.328 e. The van der Waals surface area contributed by atoms with Crippen molar-refractivity contribution in [3.8, 4) is 0 Å². The molecule has 1 atom stereocenters. The number of benzene rings is 2. The van der Waals surface area contributed by atoms with Gasteiger partial charge < -0.3 is 10.1 Å². The molecule has 0 aliphatic heterocycles. The molecular formula is C18H20N2O5. The molecule has 0 unspecified atom stereocenters. The molecule has 2 aromatic rings. The molecule has 0 spiro atoms. The average Bonchev–Trinajstić information content (AvgIpc) is 2.63. The fourth-order valence-electron chi connectivity index (χ4n) is 2.69. The van der Waals surface area contributed by atoms with Crippen LogP contribution < -0.4 is 5.32 Å². The van der Waals surface area contributed by atoms with Gasteiger partial charge in [-0.1, -0.05) is 38.0 Å². The third-order valence-electron chi connectivity index (χ3n) is 3.98. The maximum atomic E-state index is 12.6. The van der Waals surface area contributed by atoms with E-state index in [9.17, 15) is 19.7 Å². The topological polar surface area (TPSA) is 98.5 Å². The van der Waals surface area contributed by atoms with Gasteiger partial charge in [-0.3, -0.25) is 14.9 Å². The number of methoxy groups -OCH3 is 1. The van der Waals surface area contributed by atoms with Crippen molar-refractivity contribution >= 4 is 28.3 Å². The molecule has 0 fully saturated rings. The molecule has 0 radical (unpaired) electrons. The molecule has 0 aliphatic carbocycles. The smallest absolute Gasteiger partial charge is 0.328 e. The van der Waals surface area contributed by atoms with Gasteiger partial charge in [-0.15, -0.1) is 0 Å². The monoisotopic (exact) mass is 344 g/mol. The van der Waals surface area contributed by atoms with Gasteiger partial charge in [0, 0.05) is 17.0 Å². The Balaban J connectivity index is 2.37. The molecule has 0 aromatic heterocycles. The van der Waals surface area contributed by atoms with Crippen LogP contribution >= 0.6 is 0 Å². The number of carbonyl (C=O) groups is 2. The molecule has 25 heavy (non-hydrogen) atoms. The van der Waals surface area contributed by atoms with Crippen LogP contribution in [0.2, 0.25) is 0 Å². The van der Waals surface area contributed by atoms with Gasteiger partial charge in [-0.05, 0) is 18.6 Å². The fourth-order valence-corrected chi connectivity index (χ4v) is 2.69. The number of rotatable bonds is 7. The number of esters is 1. The van der Waals surface area contributed by atoms with E-state index in [1.54, 1.807) is 24.3 Å². The van der Waals surface area contributed by atoms with Crippen LogP contribution in [0, 0.1) is 10.1 Å². The summed E-state index contributed by atoms with van der Waals surface area (Å²) in [6.07, 6.45) is 2.12. The summed E-state index contributed by atoms with van der Waals surface area (Å²) in [5, 5.41) is 14.7. The number of ether oxygens (including phenoxy) is 1. The Kier molecular flexibility index (Phi) is 6.05. The number of nitro groups is 1. The van der Waals surface area contributed by atoms with Crippen molar-refractivity contribution in [2.45, 2.75) is 32.2 Å². The van der Waals surface area contributed by atoms with Crippen LogP contribution in [0.15, 0.2) is 36.4 Å². The molecule has 0 saturated heterocycles. The number of unbranched alkanes of at least 4 members (excludes halogenated alkanes) is 1. The molecule has 0 bridgehead atoms. The Labute approximate surface area is 145 Å². The van der Waals surface area contributed by atoms with E-state index >= 15 is 0 Å². The first-order valence-corrected chi connectivity index (χ1v) is 8.04. The number of fused-ring (bicyclic) bond motifs is 1. The summed E-state index contributed by atoms with van der Waals surface area (Å²) < 4.78 is 4.74. The van der Waals surface area contributed by atoms with Crippen LogP contribution in [-0.2, 0) is 9.53 Å². The molecule has 7 heteroatoms. The van der Waals surface area contributed by atoms with E-state index in [1.165, 1.54) is 19.2 Å². The summed E-state index contributed by atoms with van der Waals surface area (Å²) in [4.78, 5) is 35.2. The zero-order valence-corrected chi connectivity index (χ0v) is 14.2. The van der Waals surface area contributed by atoms with Crippen molar-refractivity contribution in [1.29, 1.82) is 0 Å². The SMILES string of the molecule is CCCC[C@H](NC(=O)c1cccc2c([N+](=O)[O-])cccc12)C(=O)OC. The van der Waals surface area contributed by atoms with E-state index in [0.29, 0.717) is 17.2 Å². The molecule has 132 valence electrons. The number of hydrogen-bond donors (Lipinski definition) is 1. The number of nitrogens with zero attached hydrogens (tertiary/aromatic N) is 1. The lowest BCUT2D eigenvalue weighted by Crippen LogP contribution is -2.41. The minimum absolute atomic E-state index is 0.0670. The van der Waals surface area contributed by atoms with Crippen molar-refractivity contribution in [1.82, 2.24) is 5.32 Å². The minimum Gasteiger partial charge on any atom is -0.467 e. The van der Waals surface area contributed by atoms with Crippen LogP contribution in [0.4, 0.5) is 5.69 Å². The predicted molar refractivity (Wildman–Crippen MR) is 93.4 cm³/mol. The minimum atomic E-state index is -0.744. The highest BCUT2D eigenvalue weighted by Crippen LogP contribution is 2.27. The van der Waals surface area contributed by atoms with Crippen molar-refractivity contribution in [3.63, 3.8) is 0 Å². The van der Waals surface area contributed by atoms with Crippen LogP contribution in [0.1, 0.15) is 36.5 Å². The summed E-state index contributed by atoms with van der Waals surface area (Å²) in [6.45, 7) is 1.99. The molecule has 0 aliphatic rings. The van der Waals surface area contributed by atoms with Crippen LogP contribution in [-0.4, -0.2) is 30.0 Å². The predicted octanol–water partition coefficient (Wildman–Crippen LogP) is 3.21. The van der Waals surface area contributed by atoms with E-state index in [0.717, 1.165) is 12.8 Å². The zero-order valence-electron chi connectivity index (χ0n) is 14.2. The van der Waals surface area contributed by atoms with Gasteiger partial charge in [0.25, 0.3) is 11.6 Å². The zero-order chi connectivity index (χ0) is 18.4. The third-order valence-corrected chi connectivity index (χ3v) is 3.98. The molecule has 1 N–H and O–H groups in total. The van der Waals surface area contributed by atoms with Crippen LogP contribution in [0.25, 0.3) is 10.8 Å². The number of amides is 1. The second kappa shape index (κ2) is 8.23. The highest BCUT2D eigenvalue weighted by Gasteiger charge is 2.23. The number of carbonyl (C=O) groups excluding carboxylic acids is 2. The largest absolute Gasteiger partial charge is 0.467 e. The van der Waals surface area contributed by atoms with Gasteiger partial charge in [0.2, 0.25) is 0 Å². The fraction of sp³-hybridized carbons (Fsp3) is 0.333. The highest BCUT2D eigenvalue weighted by atomic mass is 16.6. The van der Waals surface area contributed by atoms with E-state index in [1.807, 2.05) is 6.92 Å². The van der Waals surface area contributed by atoms with E-state index < -0.39 is 22.8 Å².